The standard InChI is InChI=1S/C28H22FN5O4S/c29-19-9-7-18(8-10-19)15-33(26(35)16-34-22-5-2-1-4-21(22)31-32-34)27(25-6-3-13-39-25)28(36)30-20-11-12-23-24(14-20)38-17-37-23/h1-14,27H,15-17H2,(H,30,36). The maximum absolute atomic E-state index is 13.9. The molecule has 0 aliphatic carbocycles. The zero-order valence-electron chi connectivity index (χ0n) is 20.5. The van der Waals surface area contributed by atoms with Gasteiger partial charge < -0.3 is 19.7 Å². The van der Waals surface area contributed by atoms with Crippen LogP contribution in [0.2, 0.25) is 0 Å². The number of aromatic nitrogens is 3. The Hall–Kier alpha value is -4.77. The fraction of sp³-hybridized carbons (Fsp3) is 0.143. The summed E-state index contributed by atoms with van der Waals surface area (Å²) in [6.45, 7) is 0.0469. The topological polar surface area (TPSA) is 98.6 Å². The fourth-order valence-electron chi connectivity index (χ4n) is 4.42. The van der Waals surface area contributed by atoms with Crippen LogP contribution < -0.4 is 14.8 Å². The van der Waals surface area contributed by atoms with Gasteiger partial charge in [0.25, 0.3) is 5.91 Å². The van der Waals surface area contributed by atoms with Gasteiger partial charge >= 0.3 is 0 Å². The van der Waals surface area contributed by atoms with Crippen molar-refractivity contribution in [2.24, 2.45) is 0 Å². The molecular formula is C28H22FN5O4S. The predicted molar refractivity (Wildman–Crippen MR) is 143 cm³/mol. The highest BCUT2D eigenvalue weighted by Crippen LogP contribution is 2.35. The van der Waals surface area contributed by atoms with Gasteiger partial charge in [-0.2, -0.15) is 0 Å². The Morgan fingerprint density at radius 3 is 2.67 bits per heavy atom. The van der Waals surface area contributed by atoms with Crippen LogP contribution in [0.1, 0.15) is 16.5 Å². The monoisotopic (exact) mass is 543 g/mol. The van der Waals surface area contributed by atoms with Gasteiger partial charge in [-0.15, -0.1) is 16.4 Å². The summed E-state index contributed by atoms with van der Waals surface area (Å²) in [5.74, 6) is -0.0285. The van der Waals surface area contributed by atoms with Gasteiger partial charge in [0, 0.05) is 23.2 Å². The quantitative estimate of drug-likeness (QED) is 0.303. The van der Waals surface area contributed by atoms with Crippen molar-refractivity contribution < 1.29 is 23.5 Å². The van der Waals surface area contributed by atoms with Gasteiger partial charge in [-0.25, -0.2) is 9.07 Å². The van der Waals surface area contributed by atoms with Crippen molar-refractivity contribution in [3.8, 4) is 11.5 Å². The molecule has 6 rings (SSSR count). The summed E-state index contributed by atoms with van der Waals surface area (Å²) in [4.78, 5) is 29.9. The Morgan fingerprint density at radius 2 is 1.85 bits per heavy atom. The first-order valence-electron chi connectivity index (χ1n) is 12.1. The number of nitrogens with zero attached hydrogens (tertiary/aromatic N) is 4. The number of halogens is 1. The highest BCUT2D eigenvalue weighted by molar-refractivity contribution is 7.10. The molecule has 1 atom stereocenters. The summed E-state index contributed by atoms with van der Waals surface area (Å²) in [6.07, 6.45) is 0. The Balaban J connectivity index is 1.35. The molecular weight excluding hydrogens is 521 g/mol. The number of nitrogens with one attached hydrogen (secondary N) is 1. The Morgan fingerprint density at radius 1 is 1.03 bits per heavy atom. The van der Waals surface area contributed by atoms with Crippen LogP contribution in [0.3, 0.4) is 0 Å². The Labute approximate surface area is 226 Å². The third-order valence-corrected chi connectivity index (χ3v) is 7.23. The lowest BCUT2D eigenvalue weighted by Crippen LogP contribution is -2.42. The molecule has 1 aliphatic heterocycles. The van der Waals surface area contributed by atoms with Gasteiger partial charge in [0.1, 0.15) is 23.9 Å². The van der Waals surface area contributed by atoms with E-state index >= 15 is 0 Å². The highest BCUT2D eigenvalue weighted by Gasteiger charge is 2.33. The number of carbonyl (C=O) groups excluding carboxylic acids is 2. The second-order valence-corrected chi connectivity index (χ2v) is 9.84. The van der Waals surface area contributed by atoms with Crippen molar-refractivity contribution >= 4 is 39.9 Å². The minimum atomic E-state index is -0.970. The second-order valence-electron chi connectivity index (χ2n) is 8.86. The van der Waals surface area contributed by atoms with Crippen LogP contribution in [-0.2, 0) is 22.7 Å². The van der Waals surface area contributed by atoms with Crippen LogP contribution in [0.4, 0.5) is 10.1 Å². The van der Waals surface area contributed by atoms with Crippen molar-refractivity contribution in [2.75, 3.05) is 12.1 Å². The van der Waals surface area contributed by atoms with E-state index in [1.165, 1.54) is 33.1 Å². The lowest BCUT2D eigenvalue weighted by atomic mass is 10.1. The lowest BCUT2D eigenvalue weighted by Gasteiger charge is -2.30. The molecule has 11 heteroatoms. The molecule has 1 unspecified atom stereocenters. The molecule has 0 saturated carbocycles. The molecule has 1 aliphatic rings. The smallest absolute Gasteiger partial charge is 0.252 e. The third-order valence-electron chi connectivity index (χ3n) is 6.30. The number of para-hydroxylation sites is 1. The average molecular weight is 544 g/mol. The van der Waals surface area contributed by atoms with Crippen LogP contribution in [0.15, 0.2) is 84.2 Å². The van der Waals surface area contributed by atoms with Crippen molar-refractivity contribution in [3.05, 3.63) is 101 Å². The van der Waals surface area contributed by atoms with Crippen LogP contribution in [-0.4, -0.2) is 38.5 Å². The molecule has 3 aromatic carbocycles. The van der Waals surface area contributed by atoms with Crippen LogP contribution in [0, 0.1) is 5.82 Å². The molecule has 3 heterocycles. The van der Waals surface area contributed by atoms with Crippen molar-refractivity contribution in [2.45, 2.75) is 19.1 Å². The molecule has 0 spiro atoms. The summed E-state index contributed by atoms with van der Waals surface area (Å²) < 4.78 is 26.0. The van der Waals surface area contributed by atoms with Crippen LogP contribution >= 0.6 is 11.3 Å². The number of rotatable bonds is 8. The van der Waals surface area contributed by atoms with Gasteiger partial charge in [0.05, 0.1) is 5.52 Å². The molecule has 0 bridgehead atoms. The molecule has 1 N–H and O–H groups in total. The van der Waals surface area contributed by atoms with E-state index in [4.69, 9.17) is 9.47 Å². The number of fused-ring (bicyclic) bond motifs is 2. The first kappa shape index (κ1) is 24.6. The average Bonchev–Trinajstić information content (AvgIpc) is 3.71. The second kappa shape index (κ2) is 10.5. The molecule has 0 radical (unpaired) electrons. The number of hydrogen-bond donors (Lipinski definition) is 1. The third kappa shape index (κ3) is 5.16. The SMILES string of the molecule is O=C(Nc1ccc2c(c1)OCO2)C(c1cccs1)N(Cc1ccc(F)cc1)C(=O)Cn1nnc2ccccc21. The lowest BCUT2D eigenvalue weighted by molar-refractivity contribution is -0.140. The van der Waals surface area contributed by atoms with E-state index < -0.39 is 11.9 Å². The maximum Gasteiger partial charge on any atom is 0.252 e. The van der Waals surface area contributed by atoms with Gasteiger partial charge in [0.2, 0.25) is 12.7 Å². The number of thiophene rings is 1. The van der Waals surface area contributed by atoms with Crippen molar-refractivity contribution in [3.63, 3.8) is 0 Å². The molecule has 0 saturated heterocycles. The van der Waals surface area contributed by atoms with Gasteiger partial charge in [0.15, 0.2) is 11.5 Å². The van der Waals surface area contributed by atoms with Crippen LogP contribution in [0.25, 0.3) is 11.0 Å². The number of anilines is 1. The van der Waals surface area contributed by atoms with E-state index in [0.717, 1.165) is 0 Å². The van der Waals surface area contributed by atoms with E-state index in [9.17, 15) is 14.0 Å². The minimum Gasteiger partial charge on any atom is -0.454 e. The Kier molecular flexibility index (Phi) is 6.64. The van der Waals surface area contributed by atoms with E-state index in [1.807, 2.05) is 41.8 Å². The first-order valence-corrected chi connectivity index (χ1v) is 13.0. The highest BCUT2D eigenvalue weighted by atomic mass is 32.1. The molecule has 2 aromatic heterocycles. The number of hydrogen-bond acceptors (Lipinski definition) is 7. The summed E-state index contributed by atoms with van der Waals surface area (Å²) in [6, 6.07) is 21.0. The normalized spacial score (nSPS) is 12.8. The molecule has 196 valence electrons. The fourth-order valence-corrected chi connectivity index (χ4v) is 5.25. The molecule has 2 amide bonds. The molecule has 0 fully saturated rings. The largest absolute Gasteiger partial charge is 0.454 e. The Bertz CT molecular complexity index is 1640. The predicted octanol–water partition coefficient (Wildman–Crippen LogP) is 4.77. The first-order chi connectivity index (χ1) is 19.0. The van der Waals surface area contributed by atoms with E-state index in [0.29, 0.717) is 38.7 Å². The minimum absolute atomic E-state index is 0.0723. The summed E-state index contributed by atoms with van der Waals surface area (Å²) in [5.41, 5.74) is 2.53. The van der Waals surface area contributed by atoms with Crippen LogP contribution in [0.5, 0.6) is 11.5 Å². The van der Waals surface area contributed by atoms with Gasteiger partial charge in [-0.1, -0.05) is 35.5 Å². The van der Waals surface area contributed by atoms with E-state index in [1.54, 1.807) is 30.3 Å². The summed E-state index contributed by atoms with van der Waals surface area (Å²) in [7, 11) is 0. The van der Waals surface area contributed by atoms with Gasteiger partial charge in [-0.05, 0) is 53.4 Å². The maximum atomic E-state index is 13.9. The number of ether oxygens (including phenoxy) is 2. The zero-order chi connectivity index (χ0) is 26.8. The van der Waals surface area contributed by atoms with Gasteiger partial charge in [-0.3, -0.25) is 9.59 Å². The molecule has 9 nitrogen and oxygen atoms in total. The number of amides is 2. The zero-order valence-corrected chi connectivity index (χ0v) is 21.3. The number of carbonyl (C=O) groups is 2. The molecule has 5 aromatic rings. The molecule has 39 heavy (non-hydrogen) atoms. The van der Waals surface area contributed by atoms with Crippen molar-refractivity contribution in [1.29, 1.82) is 0 Å². The van der Waals surface area contributed by atoms with E-state index in [2.05, 4.69) is 15.6 Å². The summed E-state index contributed by atoms with van der Waals surface area (Å²) >= 11 is 1.37. The summed E-state index contributed by atoms with van der Waals surface area (Å²) in [5, 5.41) is 13.1. The van der Waals surface area contributed by atoms with Crippen molar-refractivity contribution in [1.82, 2.24) is 19.9 Å². The number of benzene rings is 3. The van der Waals surface area contributed by atoms with E-state index in [-0.39, 0.29) is 31.6 Å².